The van der Waals surface area contributed by atoms with Crippen molar-refractivity contribution >= 4 is 11.6 Å². The second-order valence-corrected chi connectivity index (χ2v) is 10.2. The summed E-state index contributed by atoms with van der Waals surface area (Å²) >= 11 is 0. The van der Waals surface area contributed by atoms with Crippen LogP contribution >= 0.6 is 0 Å². The molecule has 1 heterocycles. The van der Waals surface area contributed by atoms with Crippen molar-refractivity contribution in [2.45, 2.75) is 76.0 Å². The Bertz CT molecular complexity index is 918. The Labute approximate surface area is 179 Å². The van der Waals surface area contributed by atoms with Gasteiger partial charge >= 0.3 is 0 Å². The highest BCUT2D eigenvalue weighted by Crippen LogP contribution is 2.71. The van der Waals surface area contributed by atoms with Gasteiger partial charge in [-0.2, -0.15) is 0 Å². The largest absolute Gasteiger partial charge is 0.390 e. The first-order valence-corrected chi connectivity index (χ1v) is 10.9. The highest BCUT2D eigenvalue weighted by molar-refractivity contribution is 6.01. The summed E-state index contributed by atoms with van der Waals surface area (Å²) in [5.74, 6) is -2.40. The molecule has 1 saturated heterocycles. The number of ketones is 2. The number of carbonyl (C=O) groups is 2. The van der Waals surface area contributed by atoms with Gasteiger partial charge in [0.25, 0.3) is 0 Å². The van der Waals surface area contributed by atoms with Crippen LogP contribution < -0.4 is 0 Å². The molecule has 5 aliphatic rings. The first-order chi connectivity index (χ1) is 14.5. The number of Topliss-reactive ketones (excluding diaryl/α,β-unsaturated/α-hetero) is 1. The van der Waals surface area contributed by atoms with Crippen molar-refractivity contribution < 1.29 is 38.1 Å². The molecule has 1 aliphatic heterocycles. The maximum absolute atomic E-state index is 17.1. The first kappa shape index (κ1) is 21.4. The van der Waals surface area contributed by atoms with Crippen molar-refractivity contribution in [1.82, 2.24) is 0 Å². The van der Waals surface area contributed by atoms with Crippen LogP contribution in [0.15, 0.2) is 23.8 Å². The summed E-state index contributed by atoms with van der Waals surface area (Å²) in [6.07, 6.45) is -0.760. The van der Waals surface area contributed by atoms with E-state index in [1.54, 1.807) is 13.8 Å². The third-order valence-corrected chi connectivity index (χ3v) is 9.05. The molecule has 10 atom stereocenters. The molecule has 0 bridgehead atoms. The van der Waals surface area contributed by atoms with E-state index in [1.165, 1.54) is 19.1 Å². The van der Waals surface area contributed by atoms with Crippen molar-refractivity contribution in [2.75, 3.05) is 6.61 Å². The molecule has 0 spiro atoms. The molecule has 0 radical (unpaired) electrons. The van der Waals surface area contributed by atoms with E-state index in [0.717, 1.165) is 6.08 Å². The average Bonchev–Trinajstić information content (AvgIpc) is 3.16. The van der Waals surface area contributed by atoms with Gasteiger partial charge in [0, 0.05) is 16.7 Å². The topological polar surface area (TPSA) is 93.1 Å². The number of allylic oxidation sites excluding steroid dienone is 4. The molecule has 170 valence electrons. The smallest absolute Gasteiger partial charge is 0.193 e. The minimum Gasteiger partial charge on any atom is -0.390 e. The normalized spacial score (nSPS) is 55.2. The number of fused-ring (bicyclic) bond motifs is 7. The zero-order chi connectivity index (χ0) is 22.6. The summed E-state index contributed by atoms with van der Waals surface area (Å²) in [5, 5.41) is 21.0. The Balaban J connectivity index is 1.66. The van der Waals surface area contributed by atoms with Gasteiger partial charge in [0.1, 0.15) is 12.8 Å². The standard InChI is InChI=1S/C23H28F2O6/c1-11-30-19-8-13-14-7-16(24)15-6-12(27)4-5-20(15,2)22(14,25)17(28)9-21(13,3)23(19,31-11)18(29)10-26/h4-6,11,13-14,16-17,19,26,28H,7-10H2,1-3H3/t11?,13-,14-,16-,17-,19+,20-,21-,22-,23+/m0/s1. The Kier molecular flexibility index (Phi) is 4.35. The minimum absolute atomic E-state index is 0.0573. The second kappa shape index (κ2) is 6.31. The van der Waals surface area contributed by atoms with Crippen LogP contribution in [-0.4, -0.2) is 64.3 Å². The van der Waals surface area contributed by atoms with Crippen LogP contribution in [0.4, 0.5) is 8.78 Å². The molecule has 6 nitrogen and oxygen atoms in total. The van der Waals surface area contributed by atoms with Crippen LogP contribution in [0, 0.1) is 22.7 Å². The number of halogens is 2. The summed E-state index contributed by atoms with van der Waals surface area (Å²) < 4.78 is 44.3. The quantitative estimate of drug-likeness (QED) is 0.685. The molecule has 5 rings (SSSR count). The predicted molar refractivity (Wildman–Crippen MR) is 104 cm³/mol. The molecule has 1 unspecified atom stereocenters. The maximum Gasteiger partial charge on any atom is 0.193 e. The first-order valence-electron chi connectivity index (χ1n) is 10.9. The predicted octanol–water partition coefficient (Wildman–Crippen LogP) is 1.98. The van der Waals surface area contributed by atoms with Crippen molar-refractivity contribution in [2.24, 2.45) is 22.7 Å². The fourth-order valence-electron chi connectivity index (χ4n) is 7.74. The highest BCUT2D eigenvalue weighted by atomic mass is 19.1. The number of alkyl halides is 2. The zero-order valence-corrected chi connectivity index (χ0v) is 17.8. The summed E-state index contributed by atoms with van der Waals surface area (Å²) in [7, 11) is 0. The van der Waals surface area contributed by atoms with E-state index in [2.05, 4.69) is 0 Å². The molecule has 8 heteroatoms. The molecule has 0 aromatic rings. The third-order valence-electron chi connectivity index (χ3n) is 9.05. The molecule has 31 heavy (non-hydrogen) atoms. The summed E-state index contributed by atoms with van der Waals surface area (Å²) in [6, 6.07) is 0. The zero-order valence-electron chi connectivity index (χ0n) is 17.8. The number of hydrogen-bond acceptors (Lipinski definition) is 6. The lowest BCUT2D eigenvalue weighted by Crippen LogP contribution is -2.70. The van der Waals surface area contributed by atoms with Gasteiger partial charge in [-0.1, -0.05) is 13.0 Å². The fourth-order valence-corrected chi connectivity index (χ4v) is 7.74. The van der Waals surface area contributed by atoms with Crippen molar-refractivity contribution in [1.29, 1.82) is 0 Å². The van der Waals surface area contributed by atoms with Gasteiger partial charge in [-0.05, 0) is 56.8 Å². The van der Waals surface area contributed by atoms with Crippen molar-refractivity contribution in [3.05, 3.63) is 23.8 Å². The van der Waals surface area contributed by atoms with Crippen LogP contribution in [0.3, 0.4) is 0 Å². The van der Waals surface area contributed by atoms with Crippen LogP contribution in [0.25, 0.3) is 0 Å². The van der Waals surface area contributed by atoms with E-state index in [4.69, 9.17) is 9.47 Å². The summed E-state index contributed by atoms with van der Waals surface area (Å²) in [5.41, 5.74) is -6.22. The summed E-state index contributed by atoms with van der Waals surface area (Å²) in [4.78, 5) is 24.9. The number of aliphatic hydroxyl groups excluding tert-OH is 2. The Morgan fingerprint density at radius 3 is 2.68 bits per heavy atom. The molecular weight excluding hydrogens is 410 g/mol. The van der Waals surface area contributed by atoms with Gasteiger partial charge < -0.3 is 19.7 Å². The summed E-state index contributed by atoms with van der Waals surface area (Å²) in [6.45, 7) is 4.18. The fraction of sp³-hybridized carbons (Fsp3) is 0.739. The second-order valence-electron chi connectivity index (χ2n) is 10.2. The van der Waals surface area contributed by atoms with Crippen molar-refractivity contribution in [3.8, 4) is 0 Å². The van der Waals surface area contributed by atoms with Crippen LogP contribution in [0.5, 0.6) is 0 Å². The lowest BCUT2D eigenvalue weighted by Gasteiger charge is -2.63. The Morgan fingerprint density at radius 1 is 1.29 bits per heavy atom. The molecular formula is C23H28F2O6. The monoisotopic (exact) mass is 438 g/mol. The Morgan fingerprint density at radius 2 is 2.00 bits per heavy atom. The number of aliphatic hydroxyl groups is 2. The molecule has 4 aliphatic carbocycles. The number of ether oxygens (including phenoxy) is 2. The van der Waals surface area contributed by atoms with Gasteiger partial charge in [0.2, 0.25) is 0 Å². The van der Waals surface area contributed by atoms with Gasteiger partial charge in [-0.15, -0.1) is 0 Å². The molecule has 2 N–H and O–H groups in total. The van der Waals surface area contributed by atoms with E-state index in [1.807, 2.05) is 0 Å². The number of carbonyl (C=O) groups excluding carboxylic acids is 2. The Hall–Kier alpha value is -1.48. The van der Waals surface area contributed by atoms with E-state index in [0.29, 0.717) is 0 Å². The van der Waals surface area contributed by atoms with Gasteiger partial charge in [0.05, 0.1) is 12.2 Å². The van der Waals surface area contributed by atoms with Crippen LogP contribution in [-0.2, 0) is 19.1 Å². The van der Waals surface area contributed by atoms with Crippen LogP contribution in [0.2, 0.25) is 0 Å². The lowest BCUT2D eigenvalue weighted by molar-refractivity contribution is -0.232. The van der Waals surface area contributed by atoms with Gasteiger partial charge in [0.15, 0.2) is 29.1 Å². The van der Waals surface area contributed by atoms with E-state index in [-0.39, 0.29) is 24.8 Å². The van der Waals surface area contributed by atoms with E-state index >= 15 is 8.78 Å². The average molecular weight is 438 g/mol. The molecule has 0 amide bonds. The van der Waals surface area contributed by atoms with Gasteiger partial charge in [-0.25, -0.2) is 8.78 Å². The van der Waals surface area contributed by atoms with Crippen LogP contribution in [0.1, 0.15) is 40.0 Å². The lowest BCUT2D eigenvalue weighted by atomic mass is 9.44. The number of rotatable bonds is 2. The van der Waals surface area contributed by atoms with E-state index in [9.17, 15) is 19.8 Å². The molecule has 0 aromatic heterocycles. The van der Waals surface area contributed by atoms with Crippen molar-refractivity contribution in [3.63, 3.8) is 0 Å². The minimum atomic E-state index is -2.23. The molecule has 3 saturated carbocycles. The maximum atomic E-state index is 17.1. The highest BCUT2D eigenvalue weighted by Gasteiger charge is 2.79. The SMILES string of the molecule is CC1O[C@@H]2C[C@H]3[C@@H]4C[C@H](F)C5=CC(=O)C=C[C@]5(C)[C@@]4(F)[C@@H](O)C[C@]3(C)[C@]2(C(=O)CO)O1. The molecule has 4 fully saturated rings. The van der Waals surface area contributed by atoms with Gasteiger partial charge in [-0.3, -0.25) is 9.59 Å². The molecule has 0 aromatic carbocycles. The number of hydrogen-bond donors (Lipinski definition) is 2. The van der Waals surface area contributed by atoms with E-state index < -0.39 is 76.8 Å². The third kappa shape index (κ3) is 2.25.